The third kappa shape index (κ3) is 2.54. The van der Waals surface area contributed by atoms with E-state index in [9.17, 15) is 44.3 Å². The number of Topliss-reactive ketones (excluding diaryl/α,β-unsaturated/α-hetero) is 1. The second kappa shape index (κ2) is 5.17. The molecule has 0 saturated carbocycles. The van der Waals surface area contributed by atoms with Gasteiger partial charge in [-0.2, -0.15) is 39.5 Å². The van der Waals surface area contributed by atoms with E-state index in [2.05, 4.69) is 0 Å². The van der Waals surface area contributed by atoms with Gasteiger partial charge in [0.1, 0.15) is 0 Å². The molecule has 0 aromatic heterocycles. The minimum Gasteiger partial charge on any atom is -0.287 e. The number of alkyl halides is 9. The standard InChI is InChI=1S/C12H7F9O/c1-6-4-2-3-5-7(6)8(22)9(13,14)10(15,16)11(17,18)12(19,20)21/h2-5H,1H3. The van der Waals surface area contributed by atoms with Crippen LogP contribution in [0.15, 0.2) is 24.3 Å². The molecule has 22 heavy (non-hydrogen) atoms. The van der Waals surface area contributed by atoms with Crippen LogP contribution < -0.4 is 0 Å². The topological polar surface area (TPSA) is 17.1 Å². The number of aryl methyl sites for hydroxylation is 1. The number of hydrogen-bond acceptors (Lipinski definition) is 1. The van der Waals surface area contributed by atoms with Crippen molar-refractivity contribution in [2.45, 2.75) is 30.9 Å². The summed E-state index contributed by atoms with van der Waals surface area (Å²) in [7, 11) is 0. The second-order valence-corrected chi connectivity index (χ2v) is 4.36. The third-order valence-corrected chi connectivity index (χ3v) is 2.82. The van der Waals surface area contributed by atoms with Gasteiger partial charge in [-0.25, -0.2) is 0 Å². The fraction of sp³-hybridized carbons (Fsp3) is 0.417. The molecule has 0 atom stereocenters. The van der Waals surface area contributed by atoms with E-state index in [1.165, 1.54) is 6.07 Å². The number of benzene rings is 1. The SMILES string of the molecule is Cc1ccccc1C(=O)C(F)(F)C(F)(F)C(F)(F)C(F)(F)F. The molecule has 0 aliphatic rings. The molecule has 0 amide bonds. The van der Waals surface area contributed by atoms with Crippen molar-refractivity contribution in [2.24, 2.45) is 0 Å². The highest BCUT2D eigenvalue weighted by atomic mass is 19.4. The van der Waals surface area contributed by atoms with Crippen LogP contribution in [0.5, 0.6) is 0 Å². The average molecular weight is 338 g/mol. The van der Waals surface area contributed by atoms with Crippen LogP contribution in [0.3, 0.4) is 0 Å². The summed E-state index contributed by atoms with van der Waals surface area (Å²) in [5.41, 5.74) is -1.36. The number of carbonyl (C=O) groups is 1. The molecule has 0 heterocycles. The van der Waals surface area contributed by atoms with Crippen molar-refractivity contribution >= 4 is 5.78 Å². The molecular weight excluding hydrogens is 331 g/mol. The molecule has 0 aliphatic heterocycles. The Morgan fingerprint density at radius 1 is 0.818 bits per heavy atom. The van der Waals surface area contributed by atoms with Crippen LogP contribution in [0.4, 0.5) is 39.5 Å². The van der Waals surface area contributed by atoms with Crippen molar-refractivity contribution in [2.75, 3.05) is 0 Å². The molecule has 124 valence electrons. The van der Waals surface area contributed by atoms with Crippen LogP contribution in [-0.4, -0.2) is 29.7 Å². The van der Waals surface area contributed by atoms with E-state index in [0.717, 1.165) is 19.1 Å². The quantitative estimate of drug-likeness (QED) is 0.577. The van der Waals surface area contributed by atoms with Gasteiger partial charge in [-0.15, -0.1) is 0 Å². The van der Waals surface area contributed by atoms with Crippen LogP contribution in [0, 0.1) is 6.92 Å². The van der Waals surface area contributed by atoms with E-state index >= 15 is 0 Å². The van der Waals surface area contributed by atoms with Crippen molar-refractivity contribution in [3.63, 3.8) is 0 Å². The zero-order chi connectivity index (χ0) is 17.6. The first-order valence-corrected chi connectivity index (χ1v) is 5.48. The zero-order valence-corrected chi connectivity index (χ0v) is 10.6. The fourth-order valence-electron chi connectivity index (χ4n) is 1.51. The molecule has 0 unspecified atom stereocenters. The van der Waals surface area contributed by atoms with Gasteiger partial charge in [0.25, 0.3) is 0 Å². The molecule has 1 rings (SSSR count). The Kier molecular flexibility index (Phi) is 4.30. The highest BCUT2D eigenvalue weighted by molar-refractivity contribution is 6.03. The van der Waals surface area contributed by atoms with Gasteiger partial charge in [-0.1, -0.05) is 24.3 Å². The molecule has 10 heteroatoms. The van der Waals surface area contributed by atoms with E-state index < -0.39 is 35.3 Å². The first-order valence-electron chi connectivity index (χ1n) is 5.48. The molecule has 0 N–H and O–H groups in total. The Labute approximate surface area is 117 Å². The molecule has 0 radical (unpaired) electrons. The average Bonchev–Trinajstić information content (AvgIpc) is 2.36. The minimum atomic E-state index is -7.08. The largest absolute Gasteiger partial charge is 0.460 e. The Bertz CT molecular complexity index is 574. The number of halogens is 9. The normalized spacial score (nSPS) is 14.1. The lowest BCUT2D eigenvalue weighted by Gasteiger charge is -2.32. The molecular formula is C12H7F9O. The summed E-state index contributed by atoms with van der Waals surface area (Å²) >= 11 is 0. The van der Waals surface area contributed by atoms with Gasteiger partial charge in [0, 0.05) is 5.56 Å². The van der Waals surface area contributed by atoms with Crippen LogP contribution in [0.1, 0.15) is 15.9 Å². The Morgan fingerprint density at radius 3 is 1.68 bits per heavy atom. The predicted octanol–water partition coefficient (Wildman–Crippen LogP) is 4.65. The summed E-state index contributed by atoms with van der Waals surface area (Å²) < 4.78 is 114. The van der Waals surface area contributed by atoms with Crippen molar-refractivity contribution in [1.29, 1.82) is 0 Å². The first-order chi connectivity index (χ1) is 9.68. The van der Waals surface area contributed by atoms with Crippen molar-refractivity contribution in [1.82, 2.24) is 0 Å². The molecule has 0 fully saturated rings. The Balaban J connectivity index is 3.40. The minimum absolute atomic E-state index is 0.279. The van der Waals surface area contributed by atoms with Crippen molar-refractivity contribution in [3.05, 3.63) is 35.4 Å². The lowest BCUT2D eigenvalue weighted by Crippen LogP contribution is -2.63. The highest BCUT2D eigenvalue weighted by Crippen LogP contribution is 2.53. The van der Waals surface area contributed by atoms with Crippen LogP contribution >= 0.6 is 0 Å². The Morgan fingerprint density at radius 2 is 1.27 bits per heavy atom. The predicted molar refractivity (Wildman–Crippen MR) is 56.4 cm³/mol. The van der Waals surface area contributed by atoms with Crippen LogP contribution in [0.2, 0.25) is 0 Å². The molecule has 0 saturated heterocycles. The van der Waals surface area contributed by atoms with Crippen LogP contribution in [-0.2, 0) is 0 Å². The van der Waals surface area contributed by atoms with Gasteiger partial charge in [-0.3, -0.25) is 4.79 Å². The molecule has 1 aromatic carbocycles. The smallest absolute Gasteiger partial charge is 0.287 e. The zero-order valence-electron chi connectivity index (χ0n) is 10.6. The van der Waals surface area contributed by atoms with Gasteiger partial charge in [0.2, 0.25) is 5.78 Å². The Hall–Kier alpha value is -1.74. The summed E-state index contributed by atoms with van der Waals surface area (Å²) in [5, 5.41) is 0. The van der Waals surface area contributed by atoms with Gasteiger partial charge in [-0.05, 0) is 12.5 Å². The van der Waals surface area contributed by atoms with Gasteiger partial charge in [0.05, 0.1) is 0 Å². The summed E-state index contributed by atoms with van der Waals surface area (Å²) in [6.07, 6.45) is -6.95. The summed E-state index contributed by atoms with van der Waals surface area (Å²) in [5.74, 6) is -23.1. The fourth-order valence-corrected chi connectivity index (χ4v) is 1.51. The van der Waals surface area contributed by atoms with E-state index in [1.807, 2.05) is 0 Å². The number of rotatable bonds is 4. The molecule has 1 nitrogen and oxygen atoms in total. The lowest BCUT2D eigenvalue weighted by molar-refractivity contribution is -0.386. The lowest BCUT2D eigenvalue weighted by atomic mass is 9.93. The van der Waals surface area contributed by atoms with E-state index in [0.29, 0.717) is 6.07 Å². The molecule has 0 bridgehead atoms. The molecule has 1 aromatic rings. The van der Waals surface area contributed by atoms with Crippen molar-refractivity contribution in [3.8, 4) is 0 Å². The maximum atomic E-state index is 13.4. The highest BCUT2D eigenvalue weighted by Gasteiger charge is 2.83. The second-order valence-electron chi connectivity index (χ2n) is 4.36. The van der Waals surface area contributed by atoms with E-state index in [4.69, 9.17) is 0 Å². The third-order valence-electron chi connectivity index (χ3n) is 2.82. The first kappa shape index (κ1) is 18.3. The number of hydrogen-bond donors (Lipinski definition) is 0. The van der Waals surface area contributed by atoms with E-state index in [1.54, 1.807) is 0 Å². The number of carbonyl (C=O) groups excluding carboxylic acids is 1. The summed E-state index contributed by atoms with van der Waals surface area (Å²) in [6, 6.07) is 3.85. The summed E-state index contributed by atoms with van der Waals surface area (Å²) in [4.78, 5) is 11.4. The van der Waals surface area contributed by atoms with Gasteiger partial charge < -0.3 is 0 Å². The van der Waals surface area contributed by atoms with Gasteiger partial charge >= 0.3 is 23.9 Å². The maximum Gasteiger partial charge on any atom is 0.460 e. The number of ketones is 1. The molecule has 0 aliphatic carbocycles. The van der Waals surface area contributed by atoms with Crippen molar-refractivity contribution < 1.29 is 44.3 Å². The maximum absolute atomic E-state index is 13.4. The monoisotopic (exact) mass is 338 g/mol. The summed E-state index contributed by atoms with van der Waals surface area (Å²) in [6.45, 7) is 1.03. The van der Waals surface area contributed by atoms with E-state index in [-0.39, 0.29) is 5.56 Å². The van der Waals surface area contributed by atoms with Crippen LogP contribution in [0.25, 0.3) is 0 Å². The molecule has 0 spiro atoms. The van der Waals surface area contributed by atoms with Gasteiger partial charge in [0.15, 0.2) is 0 Å².